The fourth-order valence-electron chi connectivity index (χ4n) is 2.76. The molecule has 0 radical (unpaired) electrons. The zero-order valence-corrected chi connectivity index (χ0v) is 14.5. The summed E-state index contributed by atoms with van der Waals surface area (Å²) < 4.78 is 0. The summed E-state index contributed by atoms with van der Waals surface area (Å²) >= 11 is 0. The van der Waals surface area contributed by atoms with Gasteiger partial charge in [0.2, 0.25) is 11.8 Å². The maximum absolute atomic E-state index is 11.9. The van der Waals surface area contributed by atoms with Gasteiger partial charge < -0.3 is 10.6 Å². The standard InChI is InChI=1S/C17H32N2O2/c1-16(2,3)10-14(20)18-12-7-8-13(9-12)19-15(21)11-17(4,5)6/h12-13H,7-11H2,1-6H3,(H,18,20)(H,19,21)/t12-,13+. The first kappa shape index (κ1) is 18.0. The molecule has 4 nitrogen and oxygen atoms in total. The molecular formula is C17H32N2O2. The number of carbonyl (C=O) groups excluding carboxylic acids is 2. The molecule has 4 heteroatoms. The van der Waals surface area contributed by atoms with Crippen molar-refractivity contribution < 1.29 is 9.59 Å². The highest BCUT2D eigenvalue weighted by Crippen LogP contribution is 2.23. The molecule has 0 heterocycles. The van der Waals surface area contributed by atoms with Crippen LogP contribution in [0.2, 0.25) is 0 Å². The van der Waals surface area contributed by atoms with Gasteiger partial charge >= 0.3 is 0 Å². The number of carbonyl (C=O) groups is 2. The molecular weight excluding hydrogens is 264 g/mol. The second-order valence-electron chi connectivity index (χ2n) is 8.82. The Morgan fingerprint density at radius 3 is 1.43 bits per heavy atom. The average molecular weight is 296 g/mol. The van der Waals surface area contributed by atoms with Crippen LogP contribution in [-0.4, -0.2) is 23.9 Å². The van der Waals surface area contributed by atoms with Gasteiger partial charge in [0, 0.05) is 24.9 Å². The molecule has 0 aromatic rings. The van der Waals surface area contributed by atoms with E-state index in [0.717, 1.165) is 19.3 Å². The van der Waals surface area contributed by atoms with Gasteiger partial charge in [-0.25, -0.2) is 0 Å². The molecule has 1 fully saturated rings. The first-order valence-corrected chi connectivity index (χ1v) is 8.03. The van der Waals surface area contributed by atoms with Crippen molar-refractivity contribution in [3.05, 3.63) is 0 Å². The van der Waals surface area contributed by atoms with Gasteiger partial charge in [-0.15, -0.1) is 0 Å². The van der Waals surface area contributed by atoms with Gasteiger partial charge in [0.05, 0.1) is 0 Å². The predicted octanol–water partition coefficient (Wildman–Crippen LogP) is 3.01. The Labute approximate surface area is 129 Å². The van der Waals surface area contributed by atoms with Gasteiger partial charge in [-0.05, 0) is 30.1 Å². The Bertz CT molecular complexity index is 341. The van der Waals surface area contributed by atoms with Crippen molar-refractivity contribution in [1.29, 1.82) is 0 Å². The van der Waals surface area contributed by atoms with Crippen LogP contribution in [0.1, 0.15) is 73.6 Å². The first-order chi connectivity index (χ1) is 9.44. The quantitative estimate of drug-likeness (QED) is 0.838. The lowest BCUT2D eigenvalue weighted by Gasteiger charge is -2.21. The number of hydrogen-bond acceptors (Lipinski definition) is 2. The van der Waals surface area contributed by atoms with Gasteiger partial charge in [-0.1, -0.05) is 41.5 Å². The van der Waals surface area contributed by atoms with Crippen molar-refractivity contribution in [2.45, 2.75) is 85.7 Å². The Morgan fingerprint density at radius 1 is 0.810 bits per heavy atom. The van der Waals surface area contributed by atoms with E-state index in [1.54, 1.807) is 0 Å². The highest BCUT2D eigenvalue weighted by Gasteiger charge is 2.28. The van der Waals surface area contributed by atoms with Gasteiger partial charge in [0.25, 0.3) is 0 Å². The van der Waals surface area contributed by atoms with Crippen molar-refractivity contribution >= 4 is 11.8 Å². The van der Waals surface area contributed by atoms with Gasteiger partial charge in [-0.3, -0.25) is 9.59 Å². The molecule has 0 spiro atoms. The minimum Gasteiger partial charge on any atom is -0.353 e. The number of rotatable bonds is 4. The minimum atomic E-state index is 0.0169. The lowest BCUT2D eigenvalue weighted by Crippen LogP contribution is -2.38. The fourth-order valence-corrected chi connectivity index (χ4v) is 2.76. The van der Waals surface area contributed by atoms with Crippen LogP contribution >= 0.6 is 0 Å². The summed E-state index contributed by atoms with van der Waals surface area (Å²) in [6.45, 7) is 12.4. The molecule has 2 atom stereocenters. The zero-order valence-electron chi connectivity index (χ0n) is 14.5. The maximum atomic E-state index is 11.9. The molecule has 0 bridgehead atoms. The van der Waals surface area contributed by atoms with Crippen molar-refractivity contribution in [3.8, 4) is 0 Å². The summed E-state index contributed by atoms with van der Waals surface area (Å²) in [7, 11) is 0. The van der Waals surface area contributed by atoms with Crippen molar-refractivity contribution in [1.82, 2.24) is 10.6 Å². The molecule has 0 aromatic heterocycles. The van der Waals surface area contributed by atoms with Crippen LogP contribution in [0.15, 0.2) is 0 Å². The summed E-state index contributed by atoms with van der Waals surface area (Å²) in [5.74, 6) is 0.239. The smallest absolute Gasteiger partial charge is 0.220 e. The van der Waals surface area contributed by atoms with Gasteiger partial charge in [0.15, 0.2) is 0 Å². The third-order valence-corrected chi connectivity index (χ3v) is 3.54. The molecule has 1 saturated carbocycles. The Hall–Kier alpha value is -1.06. The van der Waals surface area contributed by atoms with Crippen LogP contribution in [0.4, 0.5) is 0 Å². The SMILES string of the molecule is CC(C)(C)CC(=O)N[C@@H]1CC[C@H](NC(=O)CC(C)(C)C)C1. The second-order valence-corrected chi connectivity index (χ2v) is 8.82. The van der Waals surface area contributed by atoms with E-state index in [9.17, 15) is 9.59 Å². The summed E-state index contributed by atoms with van der Waals surface area (Å²) in [5, 5.41) is 6.19. The van der Waals surface area contributed by atoms with Crippen molar-refractivity contribution in [2.75, 3.05) is 0 Å². The molecule has 0 aliphatic heterocycles. The van der Waals surface area contributed by atoms with Crippen LogP contribution in [0.25, 0.3) is 0 Å². The van der Waals surface area contributed by atoms with Crippen LogP contribution < -0.4 is 10.6 Å². The summed E-state index contributed by atoms with van der Waals surface area (Å²) in [5.41, 5.74) is 0.0338. The van der Waals surface area contributed by atoms with E-state index in [4.69, 9.17) is 0 Å². The monoisotopic (exact) mass is 296 g/mol. The molecule has 0 aromatic carbocycles. The molecule has 1 rings (SSSR count). The van der Waals surface area contributed by atoms with E-state index in [1.165, 1.54) is 0 Å². The Kier molecular flexibility index (Phi) is 5.83. The second kappa shape index (κ2) is 6.80. The minimum absolute atomic E-state index is 0.0169. The summed E-state index contributed by atoms with van der Waals surface area (Å²) in [6.07, 6.45) is 3.85. The lowest BCUT2D eigenvalue weighted by molar-refractivity contribution is -0.123. The van der Waals surface area contributed by atoms with Crippen LogP contribution in [0, 0.1) is 10.8 Å². The number of amides is 2. The highest BCUT2D eigenvalue weighted by molar-refractivity contribution is 5.77. The van der Waals surface area contributed by atoms with Crippen molar-refractivity contribution in [2.24, 2.45) is 10.8 Å². The average Bonchev–Trinajstić information content (AvgIpc) is 2.58. The van der Waals surface area contributed by atoms with Crippen LogP contribution in [0.3, 0.4) is 0 Å². The van der Waals surface area contributed by atoms with E-state index in [-0.39, 0.29) is 34.7 Å². The molecule has 0 unspecified atom stereocenters. The van der Waals surface area contributed by atoms with Crippen LogP contribution in [0.5, 0.6) is 0 Å². The maximum Gasteiger partial charge on any atom is 0.220 e. The molecule has 1 aliphatic rings. The number of nitrogens with one attached hydrogen (secondary N) is 2. The van der Waals surface area contributed by atoms with Crippen LogP contribution in [-0.2, 0) is 9.59 Å². The summed E-state index contributed by atoms with van der Waals surface area (Å²) in [6, 6.07) is 0.416. The zero-order chi connectivity index (χ0) is 16.3. The molecule has 1 aliphatic carbocycles. The van der Waals surface area contributed by atoms with E-state index in [2.05, 4.69) is 52.2 Å². The molecule has 21 heavy (non-hydrogen) atoms. The van der Waals surface area contributed by atoms with E-state index in [1.807, 2.05) is 0 Å². The fraction of sp³-hybridized carbons (Fsp3) is 0.882. The normalized spacial score (nSPS) is 23.0. The van der Waals surface area contributed by atoms with Crippen molar-refractivity contribution in [3.63, 3.8) is 0 Å². The molecule has 122 valence electrons. The largest absolute Gasteiger partial charge is 0.353 e. The topological polar surface area (TPSA) is 58.2 Å². The highest BCUT2D eigenvalue weighted by atomic mass is 16.2. The number of hydrogen-bond donors (Lipinski definition) is 2. The van der Waals surface area contributed by atoms with E-state index >= 15 is 0 Å². The van der Waals surface area contributed by atoms with Gasteiger partial charge in [0.1, 0.15) is 0 Å². The first-order valence-electron chi connectivity index (χ1n) is 8.03. The molecule has 0 saturated heterocycles. The Balaban J connectivity index is 2.33. The Morgan fingerprint density at radius 2 is 1.14 bits per heavy atom. The molecule has 2 amide bonds. The van der Waals surface area contributed by atoms with Gasteiger partial charge in [-0.2, -0.15) is 0 Å². The third kappa shape index (κ3) is 8.08. The molecule has 2 N–H and O–H groups in total. The predicted molar refractivity (Wildman–Crippen MR) is 85.9 cm³/mol. The van der Waals surface area contributed by atoms with E-state index in [0.29, 0.717) is 12.8 Å². The summed E-state index contributed by atoms with van der Waals surface area (Å²) in [4.78, 5) is 23.9. The van der Waals surface area contributed by atoms with E-state index < -0.39 is 0 Å². The lowest BCUT2D eigenvalue weighted by atomic mass is 9.92. The third-order valence-electron chi connectivity index (χ3n) is 3.54.